The van der Waals surface area contributed by atoms with Crippen LogP contribution in [-0.2, 0) is 13.0 Å². The lowest BCUT2D eigenvalue weighted by Crippen LogP contribution is -2.33. The van der Waals surface area contributed by atoms with Crippen molar-refractivity contribution in [3.8, 4) is 11.5 Å². The van der Waals surface area contributed by atoms with Crippen molar-refractivity contribution >= 4 is 5.91 Å². The summed E-state index contributed by atoms with van der Waals surface area (Å²) in [5.74, 6) is 1.35. The van der Waals surface area contributed by atoms with Crippen molar-refractivity contribution in [3.05, 3.63) is 65.0 Å². The first kappa shape index (κ1) is 17.5. The number of nitrogens with zero attached hydrogens (tertiary/aromatic N) is 2. The van der Waals surface area contributed by atoms with Gasteiger partial charge in [-0.25, -0.2) is 0 Å². The number of aryl methyl sites for hydroxylation is 1. The van der Waals surface area contributed by atoms with E-state index >= 15 is 0 Å². The van der Waals surface area contributed by atoms with Crippen LogP contribution in [0.1, 0.15) is 33.8 Å². The zero-order valence-electron chi connectivity index (χ0n) is 15.5. The van der Waals surface area contributed by atoms with Crippen LogP contribution in [0.2, 0.25) is 0 Å². The van der Waals surface area contributed by atoms with Gasteiger partial charge in [-0.15, -0.1) is 0 Å². The van der Waals surface area contributed by atoms with Gasteiger partial charge in [0.15, 0.2) is 11.5 Å². The van der Waals surface area contributed by atoms with Crippen LogP contribution in [0.3, 0.4) is 0 Å². The van der Waals surface area contributed by atoms with Gasteiger partial charge < -0.3 is 9.73 Å². The van der Waals surface area contributed by atoms with Crippen LogP contribution in [0, 0.1) is 6.92 Å². The predicted molar refractivity (Wildman–Crippen MR) is 103 cm³/mol. The van der Waals surface area contributed by atoms with Gasteiger partial charge in [-0.05, 0) is 43.0 Å². The number of carbonyl (C=O) groups is 1. The van der Waals surface area contributed by atoms with Gasteiger partial charge in [-0.2, -0.15) is 5.10 Å². The predicted octanol–water partition coefficient (Wildman–Crippen LogP) is 3.16. The summed E-state index contributed by atoms with van der Waals surface area (Å²) in [4.78, 5) is 14.7. The fourth-order valence-electron chi connectivity index (χ4n) is 3.48. The molecule has 3 aromatic rings. The Kier molecular flexibility index (Phi) is 5.07. The summed E-state index contributed by atoms with van der Waals surface area (Å²) in [6.45, 7) is 5.57. The Hall–Kier alpha value is -2.86. The van der Waals surface area contributed by atoms with Crippen LogP contribution >= 0.6 is 0 Å². The van der Waals surface area contributed by atoms with E-state index in [1.165, 1.54) is 11.1 Å². The van der Waals surface area contributed by atoms with Gasteiger partial charge in [0, 0.05) is 32.2 Å². The first-order valence-electron chi connectivity index (χ1n) is 9.38. The molecule has 0 atom stereocenters. The number of hydrogen-bond acceptors (Lipinski definition) is 4. The summed E-state index contributed by atoms with van der Waals surface area (Å²) in [6, 6.07) is 14.1. The van der Waals surface area contributed by atoms with Crippen LogP contribution in [0.5, 0.6) is 0 Å². The number of aromatic amines is 1. The van der Waals surface area contributed by atoms with Gasteiger partial charge >= 0.3 is 0 Å². The molecule has 0 radical (unpaired) electrons. The number of benzene rings is 1. The topological polar surface area (TPSA) is 74.2 Å². The highest BCUT2D eigenvalue weighted by Gasteiger charge is 2.16. The number of carbonyl (C=O) groups excluding carboxylic acids is 1. The van der Waals surface area contributed by atoms with E-state index < -0.39 is 0 Å². The van der Waals surface area contributed by atoms with E-state index in [1.54, 1.807) is 6.07 Å². The molecule has 2 N–H and O–H groups in total. The van der Waals surface area contributed by atoms with Crippen LogP contribution in [0.25, 0.3) is 11.5 Å². The lowest BCUT2D eigenvalue weighted by molar-refractivity contribution is 0.0946. The summed E-state index contributed by atoms with van der Waals surface area (Å²) in [7, 11) is 0. The smallest absolute Gasteiger partial charge is 0.271 e. The molecule has 6 heteroatoms. The summed E-state index contributed by atoms with van der Waals surface area (Å²) >= 11 is 0. The number of rotatable bonds is 6. The summed E-state index contributed by atoms with van der Waals surface area (Å²) < 4.78 is 5.54. The molecule has 3 heterocycles. The van der Waals surface area contributed by atoms with Crippen molar-refractivity contribution in [2.75, 3.05) is 19.6 Å². The lowest BCUT2D eigenvalue weighted by atomic mass is 10.00. The molecular formula is C21H24N4O2. The maximum Gasteiger partial charge on any atom is 0.271 e. The van der Waals surface area contributed by atoms with Crippen molar-refractivity contribution in [1.82, 2.24) is 20.4 Å². The zero-order valence-corrected chi connectivity index (χ0v) is 15.5. The number of amides is 1. The van der Waals surface area contributed by atoms with Gasteiger partial charge in [0.25, 0.3) is 5.91 Å². The van der Waals surface area contributed by atoms with E-state index in [9.17, 15) is 4.79 Å². The van der Waals surface area contributed by atoms with E-state index in [-0.39, 0.29) is 5.91 Å². The Labute approximate surface area is 158 Å². The molecule has 0 saturated heterocycles. The Bertz CT molecular complexity index is 928. The Balaban J connectivity index is 1.23. The molecule has 27 heavy (non-hydrogen) atoms. The fraction of sp³-hybridized carbons (Fsp3) is 0.333. The van der Waals surface area contributed by atoms with Crippen molar-refractivity contribution in [1.29, 1.82) is 0 Å². The average Bonchev–Trinajstić information content (AvgIpc) is 3.34. The molecule has 1 aromatic carbocycles. The van der Waals surface area contributed by atoms with Crippen molar-refractivity contribution in [3.63, 3.8) is 0 Å². The number of nitrogens with one attached hydrogen (secondary N) is 2. The lowest BCUT2D eigenvalue weighted by Gasteiger charge is -2.28. The molecule has 140 valence electrons. The number of aromatic nitrogens is 2. The maximum absolute atomic E-state index is 12.3. The van der Waals surface area contributed by atoms with E-state index in [2.05, 4.69) is 44.7 Å². The third-order valence-electron chi connectivity index (χ3n) is 4.96. The highest BCUT2D eigenvalue weighted by molar-refractivity contribution is 5.93. The average molecular weight is 364 g/mol. The molecule has 0 unspecified atom stereocenters. The van der Waals surface area contributed by atoms with Gasteiger partial charge in [0.05, 0.1) is 0 Å². The first-order chi connectivity index (χ1) is 13.2. The van der Waals surface area contributed by atoms with Gasteiger partial charge in [-0.3, -0.25) is 14.8 Å². The first-order valence-corrected chi connectivity index (χ1v) is 9.38. The molecule has 0 bridgehead atoms. The standard InChI is InChI=1S/C21H24N4O2/c1-15-7-8-20(27-15)18-13-19(24-23-18)21(26)22-10-4-11-25-12-9-16-5-2-3-6-17(16)14-25/h2-3,5-8,13H,4,9-12,14H2,1H3,(H,22,26)(H,23,24). The van der Waals surface area contributed by atoms with Gasteiger partial charge in [0.2, 0.25) is 0 Å². The van der Waals surface area contributed by atoms with E-state index in [1.807, 2.05) is 19.1 Å². The molecule has 1 aliphatic heterocycles. The third-order valence-corrected chi connectivity index (χ3v) is 4.96. The molecule has 1 amide bonds. The molecule has 0 saturated carbocycles. The SMILES string of the molecule is Cc1ccc(-c2cc(C(=O)NCCCN3CCc4ccccc4C3)n[nH]2)o1. The Morgan fingerprint density at radius 1 is 1.26 bits per heavy atom. The minimum Gasteiger partial charge on any atom is -0.460 e. The summed E-state index contributed by atoms with van der Waals surface area (Å²) in [5, 5.41) is 9.89. The number of H-pyrrole nitrogens is 1. The summed E-state index contributed by atoms with van der Waals surface area (Å²) in [6.07, 6.45) is 2.02. The fourth-order valence-corrected chi connectivity index (χ4v) is 3.48. The van der Waals surface area contributed by atoms with Crippen molar-refractivity contribution < 1.29 is 9.21 Å². The second-order valence-corrected chi connectivity index (χ2v) is 6.98. The normalized spacial score (nSPS) is 14.1. The molecule has 0 aliphatic carbocycles. The number of hydrogen-bond donors (Lipinski definition) is 2. The van der Waals surface area contributed by atoms with Crippen molar-refractivity contribution in [2.45, 2.75) is 26.3 Å². The minimum absolute atomic E-state index is 0.162. The molecule has 6 nitrogen and oxygen atoms in total. The van der Waals surface area contributed by atoms with E-state index in [0.29, 0.717) is 23.7 Å². The highest BCUT2D eigenvalue weighted by Crippen LogP contribution is 2.20. The van der Waals surface area contributed by atoms with Gasteiger partial charge in [-0.1, -0.05) is 24.3 Å². The second kappa shape index (κ2) is 7.80. The highest BCUT2D eigenvalue weighted by atomic mass is 16.3. The second-order valence-electron chi connectivity index (χ2n) is 6.98. The maximum atomic E-state index is 12.3. The van der Waals surface area contributed by atoms with E-state index in [4.69, 9.17) is 4.42 Å². The summed E-state index contributed by atoms with van der Waals surface area (Å²) in [5.41, 5.74) is 3.97. The van der Waals surface area contributed by atoms with E-state index in [0.717, 1.165) is 38.2 Å². The van der Waals surface area contributed by atoms with Crippen LogP contribution in [0.15, 0.2) is 46.9 Å². The quantitative estimate of drug-likeness (QED) is 0.659. The van der Waals surface area contributed by atoms with Crippen molar-refractivity contribution in [2.24, 2.45) is 0 Å². The molecule has 4 rings (SSSR count). The Morgan fingerprint density at radius 2 is 2.11 bits per heavy atom. The third kappa shape index (κ3) is 4.11. The van der Waals surface area contributed by atoms with Crippen LogP contribution < -0.4 is 5.32 Å². The molecule has 0 spiro atoms. The molecule has 0 fully saturated rings. The Morgan fingerprint density at radius 3 is 2.93 bits per heavy atom. The monoisotopic (exact) mass is 364 g/mol. The molecule has 1 aliphatic rings. The molecular weight excluding hydrogens is 340 g/mol. The minimum atomic E-state index is -0.162. The molecule has 2 aromatic heterocycles. The zero-order chi connectivity index (χ0) is 18.6. The number of fused-ring (bicyclic) bond motifs is 1. The number of furan rings is 1. The largest absolute Gasteiger partial charge is 0.460 e. The van der Waals surface area contributed by atoms with Crippen LogP contribution in [-0.4, -0.2) is 40.6 Å². The van der Waals surface area contributed by atoms with Crippen LogP contribution in [0.4, 0.5) is 0 Å². The van der Waals surface area contributed by atoms with Gasteiger partial charge in [0.1, 0.15) is 11.5 Å².